The summed E-state index contributed by atoms with van der Waals surface area (Å²) in [5.41, 5.74) is 0. The van der Waals surface area contributed by atoms with E-state index in [-0.39, 0.29) is 0 Å². The van der Waals surface area contributed by atoms with E-state index >= 15 is 0 Å². The first-order chi connectivity index (χ1) is 8.83. The number of aromatic nitrogens is 3. The van der Waals surface area contributed by atoms with Gasteiger partial charge >= 0.3 is 0 Å². The van der Waals surface area contributed by atoms with E-state index in [0.717, 1.165) is 37.0 Å². The van der Waals surface area contributed by atoms with Crippen LogP contribution in [0.2, 0.25) is 5.02 Å². The third kappa shape index (κ3) is 2.32. The first-order valence-corrected chi connectivity index (χ1v) is 6.21. The lowest BCUT2D eigenvalue weighted by atomic mass is 10.3. The number of rotatable bonds is 3. The lowest BCUT2D eigenvalue weighted by molar-refractivity contribution is 0.286. The standard InChI is InChI=1S/C12H13ClN4O/c13-9-2-1-3-10(6-9)18-8-12-16-15-11-7-14-4-5-17(11)12/h1-3,6,14H,4-5,7-8H2. The number of fused-ring (bicyclic) bond motifs is 1. The predicted molar refractivity (Wildman–Crippen MR) is 67.5 cm³/mol. The SMILES string of the molecule is Clc1cccc(OCc2nnc3n2CCNC3)c1. The second-order valence-electron chi connectivity index (χ2n) is 4.11. The van der Waals surface area contributed by atoms with Crippen molar-refractivity contribution in [3.05, 3.63) is 40.9 Å². The number of nitrogens with zero attached hydrogens (tertiary/aromatic N) is 3. The van der Waals surface area contributed by atoms with Gasteiger partial charge in [-0.1, -0.05) is 17.7 Å². The summed E-state index contributed by atoms with van der Waals surface area (Å²) < 4.78 is 7.77. The number of nitrogens with one attached hydrogen (secondary N) is 1. The van der Waals surface area contributed by atoms with Gasteiger partial charge in [0.2, 0.25) is 0 Å². The van der Waals surface area contributed by atoms with Crippen molar-refractivity contribution in [3.8, 4) is 5.75 Å². The van der Waals surface area contributed by atoms with Crippen LogP contribution in [0.5, 0.6) is 5.75 Å². The van der Waals surface area contributed by atoms with E-state index in [4.69, 9.17) is 16.3 Å². The van der Waals surface area contributed by atoms with Crippen molar-refractivity contribution in [2.45, 2.75) is 19.7 Å². The van der Waals surface area contributed by atoms with Crippen LogP contribution < -0.4 is 10.1 Å². The monoisotopic (exact) mass is 264 g/mol. The van der Waals surface area contributed by atoms with Gasteiger partial charge in [0.25, 0.3) is 0 Å². The van der Waals surface area contributed by atoms with E-state index in [1.54, 1.807) is 6.07 Å². The zero-order chi connectivity index (χ0) is 12.4. The third-order valence-corrected chi connectivity index (χ3v) is 3.10. The van der Waals surface area contributed by atoms with Gasteiger partial charge in [0.1, 0.15) is 18.2 Å². The van der Waals surface area contributed by atoms with E-state index < -0.39 is 0 Å². The molecule has 1 aliphatic rings. The maximum atomic E-state index is 5.90. The molecule has 3 rings (SSSR count). The maximum Gasteiger partial charge on any atom is 0.171 e. The molecule has 2 aromatic rings. The molecule has 0 fully saturated rings. The summed E-state index contributed by atoms with van der Waals surface area (Å²) in [7, 11) is 0. The van der Waals surface area contributed by atoms with Crippen LogP contribution in [-0.4, -0.2) is 21.3 Å². The molecule has 0 unspecified atom stereocenters. The van der Waals surface area contributed by atoms with Crippen molar-refractivity contribution in [2.75, 3.05) is 6.54 Å². The number of halogens is 1. The fourth-order valence-electron chi connectivity index (χ4n) is 1.96. The lowest BCUT2D eigenvalue weighted by Crippen LogP contribution is -2.29. The summed E-state index contributed by atoms with van der Waals surface area (Å²) in [4.78, 5) is 0. The Hall–Kier alpha value is -1.59. The smallest absolute Gasteiger partial charge is 0.171 e. The van der Waals surface area contributed by atoms with E-state index in [2.05, 4.69) is 20.1 Å². The molecule has 0 spiro atoms. The molecule has 0 saturated carbocycles. The maximum absolute atomic E-state index is 5.90. The van der Waals surface area contributed by atoms with Crippen LogP contribution in [-0.2, 0) is 19.7 Å². The molecular formula is C12H13ClN4O. The topological polar surface area (TPSA) is 52.0 Å². The molecule has 0 aliphatic carbocycles. The van der Waals surface area contributed by atoms with E-state index in [0.29, 0.717) is 11.6 Å². The Balaban J connectivity index is 1.72. The average Bonchev–Trinajstić information content (AvgIpc) is 2.80. The molecule has 18 heavy (non-hydrogen) atoms. The Bertz CT molecular complexity index is 555. The Morgan fingerprint density at radius 1 is 1.39 bits per heavy atom. The minimum atomic E-state index is 0.410. The van der Waals surface area contributed by atoms with E-state index in [9.17, 15) is 0 Å². The van der Waals surface area contributed by atoms with Gasteiger partial charge in [0.05, 0.1) is 6.54 Å². The highest BCUT2D eigenvalue weighted by molar-refractivity contribution is 6.30. The van der Waals surface area contributed by atoms with E-state index in [1.807, 2.05) is 18.2 Å². The summed E-state index contributed by atoms with van der Waals surface area (Å²) in [6, 6.07) is 7.34. The van der Waals surface area contributed by atoms with Gasteiger partial charge < -0.3 is 14.6 Å². The molecule has 94 valence electrons. The van der Waals surface area contributed by atoms with Crippen LogP contribution in [0.1, 0.15) is 11.6 Å². The van der Waals surface area contributed by atoms with Gasteiger partial charge in [-0.15, -0.1) is 10.2 Å². The molecule has 0 radical (unpaired) electrons. The Kier molecular flexibility index (Phi) is 3.17. The first-order valence-electron chi connectivity index (χ1n) is 5.83. The molecule has 1 N–H and O–H groups in total. The Morgan fingerprint density at radius 3 is 3.22 bits per heavy atom. The highest BCUT2D eigenvalue weighted by atomic mass is 35.5. The molecule has 5 nitrogen and oxygen atoms in total. The molecule has 1 aromatic carbocycles. The van der Waals surface area contributed by atoms with Crippen LogP contribution in [0.3, 0.4) is 0 Å². The Morgan fingerprint density at radius 2 is 2.33 bits per heavy atom. The van der Waals surface area contributed by atoms with Crippen molar-refractivity contribution in [3.63, 3.8) is 0 Å². The fraction of sp³-hybridized carbons (Fsp3) is 0.333. The summed E-state index contributed by atoms with van der Waals surface area (Å²) in [6.45, 7) is 3.00. The summed E-state index contributed by atoms with van der Waals surface area (Å²) >= 11 is 5.90. The molecule has 0 bridgehead atoms. The molecular weight excluding hydrogens is 252 g/mol. The minimum Gasteiger partial charge on any atom is -0.486 e. The number of ether oxygens (including phenoxy) is 1. The van der Waals surface area contributed by atoms with Crippen LogP contribution >= 0.6 is 11.6 Å². The molecule has 1 aliphatic heterocycles. The largest absolute Gasteiger partial charge is 0.486 e. The van der Waals surface area contributed by atoms with Crippen molar-refractivity contribution in [2.24, 2.45) is 0 Å². The van der Waals surface area contributed by atoms with Gasteiger partial charge in [0, 0.05) is 18.1 Å². The number of benzene rings is 1. The molecule has 1 aromatic heterocycles. The zero-order valence-electron chi connectivity index (χ0n) is 9.77. The fourth-order valence-corrected chi connectivity index (χ4v) is 2.14. The van der Waals surface area contributed by atoms with Crippen molar-refractivity contribution >= 4 is 11.6 Å². The van der Waals surface area contributed by atoms with Gasteiger partial charge in [0.15, 0.2) is 5.82 Å². The van der Waals surface area contributed by atoms with Crippen molar-refractivity contribution in [1.82, 2.24) is 20.1 Å². The van der Waals surface area contributed by atoms with Gasteiger partial charge in [-0.2, -0.15) is 0 Å². The van der Waals surface area contributed by atoms with Crippen LogP contribution in [0.15, 0.2) is 24.3 Å². The van der Waals surface area contributed by atoms with Crippen molar-refractivity contribution in [1.29, 1.82) is 0 Å². The van der Waals surface area contributed by atoms with Crippen LogP contribution in [0.4, 0.5) is 0 Å². The highest BCUT2D eigenvalue weighted by Crippen LogP contribution is 2.18. The van der Waals surface area contributed by atoms with Gasteiger partial charge in [-0.3, -0.25) is 0 Å². The summed E-state index contributed by atoms with van der Waals surface area (Å²) in [5, 5.41) is 12.2. The van der Waals surface area contributed by atoms with Gasteiger partial charge in [-0.05, 0) is 18.2 Å². The third-order valence-electron chi connectivity index (χ3n) is 2.86. The molecule has 6 heteroatoms. The van der Waals surface area contributed by atoms with Crippen molar-refractivity contribution < 1.29 is 4.74 Å². The minimum absolute atomic E-state index is 0.410. The van der Waals surface area contributed by atoms with E-state index in [1.165, 1.54) is 0 Å². The second-order valence-corrected chi connectivity index (χ2v) is 4.54. The second kappa shape index (κ2) is 4.96. The molecule has 0 atom stereocenters. The zero-order valence-corrected chi connectivity index (χ0v) is 10.5. The Labute approximate surface area is 110 Å². The molecule has 0 saturated heterocycles. The van der Waals surface area contributed by atoms with Crippen LogP contribution in [0.25, 0.3) is 0 Å². The molecule has 2 heterocycles. The normalized spacial score (nSPS) is 14.3. The molecule has 0 amide bonds. The summed E-state index contributed by atoms with van der Waals surface area (Å²) in [5.74, 6) is 2.56. The average molecular weight is 265 g/mol. The number of hydrogen-bond acceptors (Lipinski definition) is 4. The first kappa shape index (κ1) is 11.5. The quantitative estimate of drug-likeness (QED) is 0.915. The van der Waals surface area contributed by atoms with Crippen LogP contribution in [0, 0.1) is 0 Å². The van der Waals surface area contributed by atoms with Gasteiger partial charge in [-0.25, -0.2) is 0 Å². The predicted octanol–water partition coefficient (Wildman–Crippen LogP) is 1.61. The highest BCUT2D eigenvalue weighted by Gasteiger charge is 2.15. The lowest BCUT2D eigenvalue weighted by Gasteiger charge is -2.16. The summed E-state index contributed by atoms with van der Waals surface area (Å²) in [6.07, 6.45) is 0. The number of hydrogen-bond donors (Lipinski definition) is 1.